The predicted octanol–water partition coefficient (Wildman–Crippen LogP) is 3.21. The Morgan fingerprint density at radius 1 is 1.37 bits per heavy atom. The van der Waals surface area contributed by atoms with Crippen molar-refractivity contribution < 1.29 is 14.5 Å². The minimum absolute atomic E-state index is 0.0281. The van der Waals surface area contributed by atoms with Crippen LogP contribution in [-0.4, -0.2) is 17.5 Å². The molecule has 0 fully saturated rings. The Balaban J connectivity index is 2.94. The third-order valence-corrected chi connectivity index (χ3v) is 2.87. The Kier molecular flexibility index (Phi) is 5.23. The second kappa shape index (κ2) is 6.68. The van der Waals surface area contributed by atoms with E-state index >= 15 is 0 Å². The normalized spacial score (nSPS) is 11.7. The SMILES string of the molecule is C=C(C(=O)OCC)C(CC)c1ccc([N+](=O)[O-])cc1. The number of carbonyl (C=O) groups excluding carboxylic acids is 1. The number of nitro benzene ring substituents is 1. The zero-order valence-corrected chi connectivity index (χ0v) is 11.1. The van der Waals surface area contributed by atoms with Crippen molar-refractivity contribution in [3.63, 3.8) is 0 Å². The molecule has 0 aliphatic carbocycles. The van der Waals surface area contributed by atoms with Crippen molar-refractivity contribution in [2.45, 2.75) is 26.2 Å². The molecule has 5 nitrogen and oxygen atoms in total. The van der Waals surface area contributed by atoms with Crippen molar-refractivity contribution in [3.05, 3.63) is 52.1 Å². The largest absolute Gasteiger partial charge is 0.463 e. The van der Waals surface area contributed by atoms with Crippen LogP contribution < -0.4 is 0 Å². The highest BCUT2D eigenvalue weighted by molar-refractivity contribution is 5.89. The molecule has 1 atom stereocenters. The fourth-order valence-electron chi connectivity index (χ4n) is 1.88. The summed E-state index contributed by atoms with van der Waals surface area (Å²) >= 11 is 0. The van der Waals surface area contributed by atoms with Crippen molar-refractivity contribution in [2.24, 2.45) is 0 Å². The van der Waals surface area contributed by atoms with Crippen molar-refractivity contribution >= 4 is 11.7 Å². The van der Waals surface area contributed by atoms with E-state index in [2.05, 4.69) is 6.58 Å². The lowest BCUT2D eigenvalue weighted by Gasteiger charge is -2.16. The van der Waals surface area contributed by atoms with Crippen LogP contribution in [0.1, 0.15) is 31.7 Å². The molecule has 0 aliphatic heterocycles. The van der Waals surface area contributed by atoms with E-state index in [4.69, 9.17) is 4.74 Å². The van der Waals surface area contributed by atoms with E-state index in [9.17, 15) is 14.9 Å². The molecule has 0 aromatic heterocycles. The summed E-state index contributed by atoms with van der Waals surface area (Å²) in [6.07, 6.45) is 0.676. The van der Waals surface area contributed by atoms with Crippen LogP contribution in [0, 0.1) is 10.1 Å². The second-order valence-corrected chi connectivity index (χ2v) is 4.06. The molecule has 102 valence electrons. The minimum Gasteiger partial charge on any atom is -0.463 e. The highest BCUT2D eigenvalue weighted by Crippen LogP contribution is 2.28. The first-order valence-corrected chi connectivity index (χ1v) is 6.11. The smallest absolute Gasteiger partial charge is 0.334 e. The Morgan fingerprint density at radius 2 is 1.95 bits per heavy atom. The molecule has 0 saturated heterocycles. The van der Waals surface area contributed by atoms with Gasteiger partial charge in [-0.05, 0) is 18.9 Å². The van der Waals surface area contributed by atoms with Crippen LogP contribution >= 0.6 is 0 Å². The molecule has 0 amide bonds. The first kappa shape index (κ1) is 14.9. The third kappa shape index (κ3) is 3.64. The molecule has 0 aliphatic rings. The Labute approximate surface area is 112 Å². The Hall–Kier alpha value is -2.17. The average molecular weight is 263 g/mol. The number of nitro groups is 1. The summed E-state index contributed by atoms with van der Waals surface area (Å²) in [5.41, 5.74) is 1.23. The maximum atomic E-state index is 11.7. The number of rotatable bonds is 6. The van der Waals surface area contributed by atoms with E-state index in [-0.39, 0.29) is 11.6 Å². The number of carbonyl (C=O) groups is 1. The van der Waals surface area contributed by atoms with Gasteiger partial charge in [-0.2, -0.15) is 0 Å². The molecular formula is C14H17NO4. The molecule has 0 radical (unpaired) electrons. The lowest BCUT2D eigenvalue weighted by atomic mass is 9.89. The zero-order valence-electron chi connectivity index (χ0n) is 11.1. The maximum Gasteiger partial charge on any atom is 0.334 e. The Bertz CT molecular complexity index is 479. The monoisotopic (exact) mass is 263 g/mol. The van der Waals surface area contributed by atoms with Crippen LogP contribution in [-0.2, 0) is 9.53 Å². The van der Waals surface area contributed by atoms with Crippen molar-refractivity contribution in [3.8, 4) is 0 Å². The number of non-ortho nitro benzene ring substituents is 1. The number of esters is 1. The fourth-order valence-corrected chi connectivity index (χ4v) is 1.88. The molecular weight excluding hydrogens is 246 g/mol. The number of hydrogen-bond donors (Lipinski definition) is 0. The standard InChI is InChI=1S/C14H17NO4/c1-4-13(10(3)14(16)19-5-2)11-6-8-12(9-7-11)15(17)18/h6-9,13H,3-5H2,1-2H3. The number of nitrogens with zero attached hydrogens (tertiary/aromatic N) is 1. The minimum atomic E-state index is -0.453. The van der Waals surface area contributed by atoms with Crippen LogP contribution in [0.3, 0.4) is 0 Å². The molecule has 1 unspecified atom stereocenters. The van der Waals surface area contributed by atoms with Crippen molar-refractivity contribution in [2.75, 3.05) is 6.61 Å². The highest BCUT2D eigenvalue weighted by atomic mass is 16.6. The van der Waals surface area contributed by atoms with E-state index < -0.39 is 10.9 Å². The van der Waals surface area contributed by atoms with E-state index in [1.807, 2.05) is 6.92 Å². The van der Waals surface area contributed by atoms with Gasteiger partial charge < -0.3 is 4.74 Å². The third-order valence-electron chi connectivity index (χ3n) is 2.87. The molecule has 1 rings (SSSR count). The van der Waals surface area contributed by atoms with Crippen molar-refractivity contribution in [1.29, 1.82) is 0 Å². The fraction of sp³-hybridized carbons (Fsp3) is 0.357. The van der Waals surface area contributed by atoms with E-state index in [0.717, 1.165) is 5.56 Å². The van der Waals surface area contributed by atoms with Crippen LogP contribution in [0.15, 0.2) is 36.4 Å². The van der Waals surface area contributed by atoms with Crippen LogP contribution in [0.2, 0.25) is 0 Å². The lowest BCUT2D eigenvalue weighted by molar-refractivity contribution is -0.384. The summed E-state index contributed by atoms with van der Waals surface area (Å²) < 4.78 is 4.92. The van der Waals surface area contributed by atoms with E-state index in [1.54, 1.807) is 19.1 Å². The first-order chi connectivity index (χ1) is 9.01. The number of ether oxygens (including phenoxy) is 1. The lowest BCUT2D eigenvalue weighted by Crippen LogP contribution is -2.13. The molecule has 0 heterocycles. The number of benzene rings is 1. The van der Waals surface area contributed by atoms with Crippen molar-refractivity contribution in [1.82, 2.24) is 0 Å². The first-order valence-electron chi connectivity index (χ1n) is 6.11. The maximum absolute atomic E-state index is 11.7. The quantitative estimate of drug-likeness (QED) is 0.342. The Morgan fingerprint density at radius 3 is 2.37 bits per heavy atom. The molecule has 0 saturated carbocycles. The zero-order chi connectivity index (χ0) is 14.4. The van der Waals surface area contributed by atoms with Gasteiger partial charge in [0.2, 0.25) is 0 Å². The summed E-state index contributed by atoms with van der Waals surface area (Å²) in [4.78, 5) is 21.8. The average Bonchev–Trinajstić information content (AvgIpc) is 2.40. The van der Waals surface area contributed by atoms with Crippen LogP contribution in [0.4, 0.5) is 5.69 Å². The summed E-state index contributed by atoms with van der Waals surface area (Å²) in [5.74, 6) is -0.604. The molecule has 0 spiro atoms. The van der Waals surface area contributed by atoms with Gasteiger partial charge in [-0.3, -0.25) is 10.1 Å². The summed E-state index contributed by atoms with van der Waals surface area (Å²) in [6, 6.07) is 6.15. The molecule has 0 N–H and O–H groups in total. The van der Waals surface area contributed by atoms with Crippen LogP contribution in [0.25, 0.3) is 0 Å². The van der Waals surface area contributed by atoms with Gasteiger partial charge in [0.15, 0.2) is 0 Å². The van der Waals surface area contributed by atoms with Gasteiger partial charge in [0, 0.05) is 23.6 Å². The summed E-state index contributed by atoms with van der Waals surface area (Å²) in [7, 11) is 0. The number of hydrogen-bond acceptors (Lipinski definition) is 4. The van der Waals surface area contributed by atoms with Gasteiger partial charge >= 0.3 is 5.97 Å². The van der Waals surface area contributed by atoms with E-state index in [1.165, 1.54) is 12.1 Å². The van der Waals surface area contributed by atoms with Gasteiger partial charge in [-0.25, -0.2) is 4.79 Å². The van der Waals surface area contributed by atoms with Gasteiger partial charge in [-0.1, -0.05) is 25.6 Å². The topological polar surface area (TPSA) is 69.4 Å². The molecule has 0 bridgehead atoms. The molecule has 1 aromatic rings. The van der Waals surface area contributed by atoms with Gasteiger partial charge in [0.25, 0.3) is 5.69 Å². The van der Waals surface area contributed by atoms with Gasteiger partial charge in [-0.15, -0.1) is 0 Å². The molecule has 19 heavy (non-hydrogen) atoms. The van der Waals surface area contributed by atoms with E-state index in [0.29, 0.717) is 18.6 Å². The predicted molar refractivity (Wildman–Crippen MR) is 71.9 cm³/mol. The van der Waals surface area contributed by atoms with Gasteiger partial charge in [0.1, 0.15) is 0 Å². The molecule has 1 aromatic carbocycles. The summed E-state index contributed by atoms with van der Waals surface area (Å²) in [5, 5.41) is 10.6. The van der Waals surface area contributed by atoms with Crippen LogP contribution in [0.5, 0.6) is 0 Å². The summed E-state index contributed by atoms with van der Waals surface area (Å²) in [6.45, 7) is 7.73. The second-order valence-electron chi connectivity index (χ2n) is 4.06. The van der Waals surface area contributed by atoms with Gasteiger partial charge in [0.05, 0.1) is 11.5 Å². The highest BCUT2D eigenvalue weighted by Gasteiger charge is 2.20. The molecule has 5 heteroatoms.